The van der Waals surface area contributed by atoms with E-state index in [0.717, 1.165) is 12.2 Å². The zero-order valence-electron chi connectivity index (χ0n) is 11.8. The van der Waals surface area contributed by atoms with Crippen molar-refractivity contribution >= 4 is 0 Å². The Balaban J connectivity index is 2.12. The lowest BCUT2D eigenvalue weighted by atomic mass is 9.82. The maximum absolute atomic E-state index is 4.25. The normalized spacial score (nSPS) is 13.2. The minimum absolute atomic E-state index is 0.147. The number of nitrogens with zero attached hydrogens (tertiary/aromatic N) is 2. The summed E-state index contributed by atoms with van der Waals surface area (Å²) in [5.41, 5.74) is 2.47. The Morgan fingerprint density at radius 1 is 1.11 bits per heavy atom. The molecule has 19 heavy (non-hydrogen) atoms. The predicted octanol–water partition coefficient (Wildman–Crippen LogP) is 3.35. The molecule has 1 atom stereocenters. The topological polar surface area (TPSA) is 37.8 Å². The quantitative estimate of drug-likeness (QED) is 0.910. The fourth-order valence-electron chi connectivity index (χ4n) is 2.20. The summed E-state index contributed by atoms with van der Waals surface area (Å²) in [7, 11) is 0. The van der Waals surface area contributed by atoms with Gasteiger partial charge in [-0.05, 0) is 17.0 Å². The number of benzene rings is 1. The monoisotopic (exact) mass is 255 g/mol. The largest absolute Gasteiger partial charge is 0.304 e. The van der Waals surface area contributed by atoms with Crippen LogP contribution >= 0.6 is 0 Å². The highest BCUT2D eigenvalue weighted by Gasteiger charge is 2.25. The Kier molecular flexibility index (Phi) is 4.27. The molecule has 2 aromatic rings. The Hall–Kier alpha value is -1.74. The van der Waals surface area contributed by atoms with Crippen LogP contribution in [0.25, 0.3) is 0 Å². The summed E-state index contributed by atoms with van der Waals surface area (Å²) < 4.78 is 0. The van der Waals surface area contributed by atoms with Crippen LogP contribution < -0.4 is 5.32 Å². The molecular formula is C16H21N3. The van der Waals surface area contributed by atoms with E-state index in [0.29, 0.717) is 6.04 Å². The molecule has 1 aromatic heterocycles. The van der Waals surface area contributed by atoms with Gasteiger partial charge in [0.25, 0.3) is 0 Å². The molecule has 2 rings (SSSR count). The van der Waals surface area contributed by atoms with Gasteiger partial charge in [-0.2, -0.15) is 0 Å². The van der Waals surface area contributed by atoms with Crippen molar-refractivity contribution in [3.05, 3.63) is 60.2 Å². The summed E-state index contributed by atoms with van der Waals surface area (Å²) in [6, 6.07) is 12.8. The van der Waals surface area contributed by atoms with E-state index in [1.165, 1.54) is 5.56 Å². The second-order valence-corrected chi connectivity index (χ2v) is 5.79. The SMILES string of the molecule is CC(C)(C)C(NCc1ccncn1)c1ccccc1. The fraction of sp³-hybridized carbons (Fsp3) is 0.375. The lowest BCUT2D eigenvalue weighted by molar-refractivity contribution is 0.270. The van der Waals surface area contributed by atoms with Crippen LogP contribution in [-0.2, 0) is 6.54 Å². The van der Waals surface area contributed by atoms with Gasteiger partial charge in [0, 0.05) is 18.8 Å². The van der Waals surface area contributed by atoms with E-state index in [2.05, 4.69) is 60.3 Å². The molecular weight excluding hydrogens is 234 g/mol. The first-order valence-electron chi connectivity index (χ1n) is 6.60. The average Bonchev–Trinajstić information content (AvgIpc) is 2.40. The van der Waals surface area contributed by atoms with Gasteiger partial charge < -0.3 is 5.32 Å². The van der Waals surface area contributed by atoms with Crippen molar-refractivity contribution in [1.29, 1.82) is 0 Å². The van der Waals surface area contributed by atoms with E-state index in [1.54, 1.807) is 12.5 Å². The molecule has 0 bridgehead atoms. The van der Waals surface area contributed by atoms with Gasteiger partial charge in [-0.15, -0.1) is 0 Å². The number of aromatic nitrogens is 2. The molecule has 0 amide bonds. The van der Waals surface area contributed by atoms with Crippen LogP contribution in [0.2, 0.25) is 0 Å². The third kappa shape index (κ3) is 3.86. The van der Waals surface area contributed by atoms with Crippen molar-refractivity contribution in [1.82, 2.24) is 15.3 Å². The molecule has 3 nitrogen and oxygen atoms in total. The molecule has 1 N–H and O–H groups in total. The highest BCUT2D eigenvalue weighted by atomic mass is 15.0. The Bertz CT molecular complexity index is 488. The molecule has 0 spiro atoms. The van der Waals surface area contributed by atoms with E-state index in [4.69, 9.17) is 0 Å². The first-order chi connectivity index (χ1) is 9.07. The van der Waals surface area contributed by atoms with E-state index >= 15 is 0 Å². The minimum Gasteiger partial charge on any atom is -0.304 e. The van der Waals surface area contributed by atoms with Gasteiger partial charge in [-0.1, -0.05) is 51.1 Å². The third-order valence-corrected chi connectivity index (χ3v) is 3.13. The van der Waals surface area contributed by atoms with E-state index in [1.807, 2.05) is 12.1 Å². The average molecular weight is 255 g/mol. The Labute approximate surface area is 115 Å². The summed E-state index contributed by atoms with van der Waals surface area (Å²) in [4.78, 5) is 8.19. The predicted molar refractivity (Wildman–Crippen MR) is 77.5 cm³/mol. The summed E-state index contributed by atoms with van der Waals surface area (Å²) in [6.45, 7) is 7.49. The Morgan fingerprint density at radius 2 is 1.84 bits per heavy atom. The molecule has 0 aliphatic carbocycles. The van der Waals surface area contributed by atoms with Crippen LogP contribution in [0.5, 0.6) is 0 Å². The Morgan fingerprint density at radius 3 is 2.42 bits per heavy atom. The zero-order valence-corrected chi connectivity index (χ0v) is 11.8. The summed E-state index contributed by atoms with van der Waals surface area (Å²) in [6.07, 6.45) is 3.37. The first-order valence-corrected chi connectivity index (χ1v) is 6.60. The standard InChI is InChI=1S/C16H21N3/c1-16(2,3)15(13-7-5-4-6-8-13)18-11-14-9-10-17-12-19-14/h4-10,12,15,18H,11H2,1-3H3. The van der Waals surface area contributed by atoms with Crippen molar-refractivity contribution in [3.63, 3.8) is 0 Å². The molecule has 0 fully saturated rings. The van der Waals surface area contributed by atoms with Gasteiger partial charge in [0.1, 0.15) is 6.33 Å². The highest BCUT2D eigenvalue weighted by molar-refractivity contribution is 5.21. The van der Waals surface area contributed by atoms with Gasteiger partial charge in [0.15, 0.2) is 0 Å². The van der Waals surface area contributed by atoms with E-state index in [9.17, 15) is 0 Å². The molecule has 3 heteroatoms. The first kappa shape index (κ1) is 13.7. The molecule has 1 aromatic carbocycles. The lowest BCUT2D eigenvalue weighted by Crippen LogP contribution is -2.32. The maximum Gasteiger partial charge on any atom is 0.115 e. The van der Waals surface area contributed by atoms with Crippen molar-refractivity contribution in [2.24, 2.45) is 5.41 Å². The molecule has 0 aliphatic heterocycles. The van der Waals surface area contributed by atoms with E-state index < -0.39 is 0 Å². The zero-order chi connectivity index (χ0) is 13.7. The lowest BCUT2D eigenvalue weighted by Gasteiger charge is -2.32. The highest BCUT2D eigenvalue weighted by Crippen LogP contribution is 2.32. The van der Waals surface area contributed by atoms with Gasteiger partial charge in [-0.25, -0.2) is 9.97 Å². The van der Waals surface area contributed by atoms with Crippen LogP contribution in [0.3, 0.4) is 0 Å². The maximum atomic E-state index is 4.25. The van der Waals surface area contributed by atoms with Crippen molar-refractivity contribution in [3.8, 4) is 0 Å². The molecule has 0 radical (unpaired) electrons. The number of hydrogen-bond acceptors (Lipinski definition) is 3. The summed E-state index contributed by atoms with van der Waals surface area (Å²) in [5, 5.41) is 3.60. The number of rotatable bonds is 4. The van der Waals surface area contributed by atoms with Crippen molar-refractivity contribution in [2.75, 3.05) is 0 Å². The molecule has 1 unspecified atom stereocenters. The van der Waals surface area contributed by atoms with Gasteiger partial charge in [0.2, 0.25) is 0 Å². The fourth-order valence-corrected chi connectivity index (χ4v) is 2.20. The van der Waals surface area contributed by atoms with Crippen LogP contribution in [0.1, 0.15) is 38.1 Å². The minimum atomic E-state index is 0.147. The van der Waals surface area contributed by atoms with Crippen LogP contribution in [-0.4, -0.2) is 9.97 Å². The van der Waals surface area contributed by atoms with Gasteiger partial charge in [0.05, 0.1) is 5.69 Å². The van der Waals surface area contributed by atoms with Crippen LogP contribution in [0, 0.1) is 5.41 Å². The van der Waals surface area contributed by atoms with Crippen LogP contribution in [0.15, 0.2) is 48.9 Å². The second kappa shape index (κ2) is 5.93. The molecule has 100 valence electrons. The van der Waals surface area contributed by atoms with Crippen molar-refractivity contribution in [2.45, 2.75) is 33.4 Å². The summed E-state index contributed by atoms with van der Waals surface area (Å²) >= 11 is 0. The molecule has 0 aliphatic rings. The van der Waals surface area contributed by atoms with E-state index in [-0.39, 0.29) is 5.41 Å². The molecule has 0 saturated carbocycles. The third-order valence-electron chi connectivity index (χ3n) is 3.13. The second-order valence-electron chi connectivity index (χ2n) is 5.79. The number of nitrogens with one attached hydrogen (secondary N) is 1. The smallest absolute Gasteiger partial charge is 0.115 e. The van der Waals surface area contributed by atoms with Gasteiger partial charge >= 0.3 is 0 Å². The van der Waals surface area contributed by atoms with Crippen LogP contribution in [0.4, 0.5) is 0 Å². The number of hydrogen-bond donors (Lipinski definition) is 1. The summed E-state index contributed by atoms with van der Waals surface area (Å²) in [5.74, 6) is 0. The molecule has 0 saturated heterocycles. The van der Waals surface area contributed by atoms with Crippen molar-refractivity contribution < 1.29 is 0 Å². The molecule has 1 heterocycles. The van der Waals surface area contributed by atoms with Gasteiger partial charge in [-0.3, -0.25) is 0 Å².